The van der Waals surface area contributed by atoms with E-state index in [2.05, 4.69) is 4.90 Å². The molecule has 0 spiro atoms. The minimum atomic E-state index is -0.268. The largest absolute Gasteiger partial charge is 0.469 e. The van der Waals surface area contributed by atoms with Crippen molar-refractivity contribution in [3.8, 4) is 0 Å². The van der Waals surface area contributed by atoms with Crippen LogP contribution >= 0.6 is 0 Å². The van der Waals surface area contributed by atoms with Crippen molar-refractivity contribution in [3.05, 3.63) is 59.3 Å². The van der Waals surface area contributed by atoms with Gasteiger partial charge in [-0.1, -0.05) is 12.1 Å². The molecular weight excluding hydrogens is 307 g/mol. The van der Waals surface area contributed by atoms with Crippen LogP contribution in [0.1, 0.15) is 30.2 Å². The third-order valence-electron chi connectivity index (χ3n) is 4.47. The van der Waals surface area contributed by atoms with Crippen molar-refractivity contribution < 1.29 is 13.6 Å². The first-order chi connectivity index (χ1) is 11.7. The number of likely N-dealkylation sites (N-methyl/N-ethyl adjacent to an activating group) is 1. The second-order valence-electron chi connectivity index (χ2n) is 6.22. The first-order valence-corrected chi connectivity index (χ1v) is 8.45. The van der Waals surface area contributed by atoms with E-state index in [0.717, 1.165) is 37.3 Å². The van der Waals surface area contributed by atoms with Gasteiger partial charge in [-0.25, -0.2) is 4.39 Å². The summed E-state index contributed by atoms with van der Waals surface area (Å²) in [6.07, 6.45) is 3.63. The van der Waals surface area contributed by atoms with E-state index in [1.807, 2.05) is 19.1 Å². The molecule has 128 valence electrons. The molecule has 24 heavy (non-hydrogen) atoms. The predicted molar refractivity (Wildman–Crippen MR) is 89.8 cm³/mol. The summed E-state index contributed by atoms with van der Waals surface area (Å²) in [6, 6.07) is 8.42. The van der Waals surface area contributed by atoms with Gasteiger partial charge in [-0.2, -0.15) is 0 Å². The van der Waals surface area contributed by atoms with E-state index >= 15 is 0 Å². The van der Waals surface area contributed by atoms with E-state index in [4.69, 9.17) is 4.42 Å². The number of rotatable bonds is 5. The molecule has 0 radical (unpaired) electrons. The molecule has 1 aromatic carbocycles. The van der Waals surface area contributed by atoms with Crippen molar-refractivity contribution in [2.24, 2.45) is 0 Å². The Bertz CT molecular complexity index is 698. The van der Waals surface area contributed by atoms with E-state index in [0.29, 0.717) is 19.6 Å². The van der Waals surface area contributed by atoms with Crippen molar-refractivity contribution >= 4 is 5.91 Å². The maximum Gasteiger partial charge on any atom is 0.237 e. The van der Waals surface area contributed by atoms with Crippen molar-refractivity contribution in [1.82, 2.24) is 9.80 Å². The van der Waals surface area contributed by atoms with Crippen molar-refractivity contribution in [3.63, 3.8) is 0 Å². The molecule has 1 aliphatic heterocycles. The average Bonchev–Trinajstić information content (AvgIpc) is 2.91. The highest BCUT2D eigenvalue weighted by Gasteiger charge is 2.21. The quantitative estimate of drug-likeness (QED) is 0.845. The van der Waals surface area contributed by atoms with Crippen molar-refractivity contribution in [1.29, 1.82) is 0 Å². The maximum atomic E-state index is 13.3. The number of fused-ring (bicyclic) bond motifs is 1. The normalized spacial score (nSPS) is 14.9. The maximum absolute atomic E-state index is 13.3. The lowest BCUT2D eigenvalue weighted by Crippen LogP contribution is -2.39. The molecule has 0 saturated carbocycles. The van der Waals surface area contributed by atoms with Gasteiger partial charge < -0.3 is 9.32 Å². The highest BCUT2D eigenvalue weighted by atomic mass is 19.1. The van der Waals surface area contributed by atoms with Crippen LogP contribution in [-0.2, 0) is 24.3 Å². The van der Waals surface area contributed by atoms with Crippen LogP contribution in [0, 0.1) is 5.82 Å². The van der Waals surface area contributed by atoms with Crippen LogP contribution in [0.2, 0.25) is 0 Å². The minimum absolute atomic E-state index is 0.0775. The standard InChI is InChI=1S/C19H23FN2O2/c1-2-22(12-15-5-3-6-17(20)11-15)19(23)14-21-9-4-7-18-16(13-21)8-10-24-18/h3,5-6,8,10-11H,2,4,7,9,12-14H2,1H3. The highest BCUT2D eigenvalue weighted by Crippen LogP contribution is 2.19. The van der Waals surface area contributed by atoms with Gasteiger partial charge in [0.2, 0.25) is 5.91 Å². The first-order valence-electron chi connectivity index (χ1n) is 8.45. The Hall–Kier alpha value is -2.14. The molecule has 5 heteroatoms. The number of aryl methyl sites for hydroxylation is 1. The number of carbonyl (C=O) groups is 1. The Kier molecular flexibility index (Phi) is 5.30. The van der Waals surface area contributed by atoms with Crippen LogP contribution in [0.15, 0.2) is 41.0 Å². The van der Waals surface area contributed by atoms with Crippen LogP contribution in [0.4, 0.5) is 4.39 Å². The van der Waals surface area contributed by atoms with E-state index < -0.39 is 0 Å². The summed E-state index contributed by atoms with van der Waals surface area (Å²) >= 11 is 0. The number of furan rings is 1. The molecule has 0 atom stereocenters. The predicted octanol–water partition coefficient (Wildman–Crippen LogP) is 3.22. The molecule has 0 bridgehead atoms. The van der Waals surface area contributed by atoms with Crippen LogP contribution in [0.3, 0.4) is 0 Å². The number of amides is 1. The summed E-state index contributed by atoms with van der Waals surface area (Å²) in [6.45, 7) is 5.02. The summed E-state index contributed by atoms with van der Waals surface area (Å²) in [5.41, 5.74) is 1.99. The molecule has 1 amide bonds. The summed E-state index contributed by atoms with van der Waals surface area (Å²) in [7, 11) is 0. The monoisotopic (exact) mass is 330 g/mol. The van der Waals surface area contributed by atoms with Crippen LogP contribution in [0.25, 0.3) is 0 Å². The first kappa shape index (κ1) is 16.7. The summed E-state index contributed by atoms with van der Waals surface area (Å²) < 4.78 is 18.8. The highest BCUT2D eigenvalue weighted by molar-refractivity contribution is 5.78. The number of hydrogen-bond acceptors (Lipinski definition) is 3. The second kappa shape index (κ2) is 7.62. The van der Waals surface area contributed by atoms with E-state index in [1.165, 1.54) is 17.7 Å². The van der Waals surface area contributed by atoms with Gasteiger partial charge in [0.15, 0.2) is 0 Å². The van der Waals surface area contributed by atoms with Gasteiger partial charge in [-0.15, -0.1) is 0 Å². The summed E-state index contributed by atoms with van der Waals surface area (Å²) in [4.78, 5) is 16.6. The Morgan fingerprint density at radius 3 is 3.04 bits per heavy atom. The molecular formula is C19H23FN2O2. The summed E-state index contributed by atoms with van der Waals surface area (Å²) in [5, 5.41) is 0. The zero-order chi connectivity index (χ0) is 16.9. The third-order valence-corrected chi connectivity index (χ3v) is 4.47. The molecule has 0 unspecified atom stereocenters. The number of nitrogens with zero attached hydrogens (tertiary/aromatic N) is 2. The zero-order valence-electron chi connectivity index (χ0n) is 14.0. The Morgan fingerprint density at radius 1 is 1.38 bits per heavy atom. The number of benzene rings is 1. The van der Waals surface area contributed by atoms with Crippen LogP contribution in [-0.4, -0.2) is 35.3 Å². The molecule has 3 rings (SSSR count). The lowest BCUT2D eigenvalue weighted by molar-refractivity contribution is -0.133. The zero-order valence-corrected chi connectivity index (χ0v) is 14.0. The van der Waals surface area contributed by atoms with Crippen LogP contribution < -0.4 is 0 Å². The van der Waals surface area contributed by atoms with Gasteiger partial charge in [-0.3, -0.25) is 9.69 Å². The number of hydrogen-bond donors (Lipinski definition) is 0. The smallest absolute Gasteiger partial charge is 0.237 e. The van der Waals surface area contributed by atoms with Gasteiger partial charge >= 0.3 is 0 Å². The SMILES string of the molecule is CCN(Cc1cccc(F)c1)C(=O)CN1CCCc2occc2C1. The Labute approximate surface area is 141 Å². The molecule has 0 N–H and O–H groups in total. The molecule has 0 saturated heterocycles. The minimum Gasteiger partial charge on any atom is -0.469 e. The molecule has 2 aromatic rings. The fourth-order valence-corrected chi connectivity index (χ4v) is 3.17. The molecule has 0 aliphatic carbocycles. The second-order valence-corrected chi connectivity index (χ2v) is 6.22. The van der Waals surface area contributed by atoms with Gasteiger partial charge in [0.25, 0.3) is 0 Å². The van der Waals surface area contributed by atoms with Gasteiger partial charge in [0.1, 0.15) is 11.6 Å². The van der Waals surface area contributed by atoms with Gasteiger partial charge in [0, 0.05) is 31.6 Å². The van der Waals surface area contributed by atoms with Gasteiger partial charge in [0.05, 0.1) is 12.8 Å². The lowest BCUT2D eigenvalue weighted by Gasteiger charge is -2.26. The van der Waals surface area contributed by atoms with E-state index in [1.54, 1.807) is 17.2 Å². The van der Waals surface area contributed by atoms with Crippen LogP contribution in [0.5, 0.6) is 0 Å². The molecule has 1 aliphatic rings. The third kappa shape index (κ3) is 4.03. The van der Waals surface area contributed by atoms with E-state index in [-0.39, 0.29) is 11.7 Å². The Morgan fingerprint density at radius 2 is 2.25 bits per heavy atom. The number of carbonyl (C=O) groups excluding carboxylic acids is 1. The molecule has 4 nitrogen and oxygen atoms in total. The number of halogens is 1. The fraction of sp³-hybridized carbons (Fsp3) is 0.421. The molecule has 1 aromatic heterocycles. The average molecular weight is 330 g/mol. The Balaban J connectivity index is 1.62. The lowest BCUT2D eigenvalue weighted by atomic mass is 10.2. The van der Waals surface area contributed by atoms with Crippen molar-refractivity contribution in [2.75, 3.05) is 19.6 Å². The van der Waals surface area contributed by atoms with Crippen molar-refractivity contribution in [2.45, 2.75) is 32.9 Å². The fourth-order valence-electron chi connectivity index (χ4n) is 3.17. The summed E-state index contributed by atoms with van der Waals surface area (Å²) in [5.74, 6) is 0.849. The molecule has 2 heterocycles. The van der Waals surface area contributed by atoms with E-state index in [9.17, 15) is 9.18 Å². The molecule has 0 fully saturated rings. The van der Waals surface area contributed by atoms with Gasteiger partial charge in [-0.05, 0) is 43.7 Å². The topological polar surface area (TPSA) is 36.7 Å².